The number of hydrogen-bond acceptors (Lipinski definition) is 2. The smallest absolute Gasteiger partial charge is 0.127 e. The minimum absolute atomic E-state index is 0.0278. The van der Waals surface area contributed by atoms with Crippen LogP contribution in [-0.2, 0) is 0 Å². The molecule has 1 aliphatic heterocycles. The number of nitrogens with two attached hydrogens (primary N) is 1. The number of ether oxygens (including phenoxy) is 1. The summed E-state index contributed by atoms with van der Waals surface area (Å²) in [5.41, 5.74) is 7.08. The molecule has 1 aromatic carbocycles. The van der Waals surface area contributed by atoms with Gasteiger partial charge in [0.1, 0.15) is 17.2 Å². The summed E-state index contributed by atoms with van der Waals surface area (Å²) >= 11 is 0. The molecule has 2 aliphatic rings. The van der Waals surface area contributed by atoms with Crippen LogP contribution in [0.25, 0.3) is 0 Å². The molecule has 1 heterocycles. The van der Waals surface area contributed by atoms with Gasteiger partial charge in [0.15, 0.2) is 0 Å². The highest BCUT2D eigenvalue weighted by Crippen LogP contribution is 2.47. The molecule has 0 radical (unpaired) electrons. The molecular weight excluding hydrogens is 241 g/mol. The Balaban J connectivity index is 1.90. The summed E-state index contributed by atoms with van der Waals surface area (Å²) in [6, 6.07) is 4.70. The summed E-state index contributed by atoms with van der Waals surface area (Å²) < 4.78 is 19.6. The maximum atomic E-state index is 13.4. The van der Waals surface area contributed by atoms with E-state index in [9.17, 15) is 4.39 Å². The van der Waals surface area contributed by atoms with Gasteiger partial charge >= 0.3 is 0 Å². The molecule has 0 saturated heterocycles. The van der Waals surface area contributed by atoms with E-state index in [0.29, 0.717) is 5.75 Å². The average Bonchev–Trinajstić information content (AvgIpc) is 2.38. The molecule has 3 rings (SSSR count). The third-order valence-corrected chi connectivity index (χ3v) is 4.78. The standard InChI is InChI=1S/C16H22FNO/c1-2-11-4-3-7-16(9-11)10-14(18)13-6-5-12(17)8-15(13)19-16/h5-6,8,11,14H,2-4,7,9-10,18H2,1H3. The predicted molar refractivity (Wildman–Crippen MR) is 73.6 cm³/mol. The van der Waals surface area contributed by atoms with Crippen molar-refractivity contribution in [2.45, 2.75) is 57.1 Å². The first kappa shape index (κ1) is 12.9. The molecular formula is C16H22FNO. The molecule has 1 saturated carbocycles. The topological polar surface area (TPSA) is 35.2 Å². The molecule has 1 spiro atoms. The van der Waals surface area contributed by atoms with Gasteiger partial charge in [0.2, 0.25) is 0 Å². The van der Waals surface area contributed by atoms with Gasteiger partial charge in [-0.25, -0.2) is 4.39 Å². The molecule has 104 valence electrons. The van der Waals surface area contributed by atoms with Gasteiger partial charge in [-0.05, 0) is 31.2 Å². The van der Waals surface area contributed by atoms with E-state index in [1.807, 2.05) is 0 Å². The number of rotatable bonds is 1. The highest BCUT2D eigenvalue weighted by atomic mass is 19.1. The van der Waals surface area contributed by atoms with Crippen LogP contribution in [0.1, 0.15) is 57.1 Å². The van der Waals surface area contributed by atoms with Crippen molar-refractivity contribution in [1.29, 1.82) is 0 Å². The van der Waals surface area contributed by atoms with Crippen molar-refractivity contribution in [3.8, 4) is 5.75 Å². The van der Waals surface area contributed by atoms with E-state index < -0.39 is 0 Å². The fourth-order valence-electron chi connectivity index (χ4n) is 3.76. The molecule has 0 aromatic heterocycles. The maximum Gasteiger partial charge on any atom is 0.127 e. The maximum absolute atomic E-state index is 13.4. The Labute approximate surface area is 114 Å². The molecule has 1 aromatic rings. The second-order valence-electron chi connectivity index (χ2n) is 6.15. The molecule has 1 aliphatic carbocycles. The number of halogens is 1. The van der Waals surface area contributed by atoms with Gasteiger partial charge in [0, 0.05) is 24.1 Å². The lowest BCUT2D eigenvalue weighted by Crippen LogP contribution is -2.46. The minimum atomic E-state index is -0.245. The molecule has 2 nitrogen and oxygen atoms in total. The number of hydrogen-bond donors (Lipinski definition) is 1. The lowest BCUT2D eigenvalue weighted by atomic mass is 9.72. The molecule has 3 unspecified atom stereocenters. The van der Waals surface area contributed by atoms with Crippen molar-refractivity contribution in [2.24, 2.45) is 11.7 Å². The Morgan fingerprint density at radius 2 is 2.26 bits per heavy atom. The fourth-order valence-corrected chi connectivity index (χ4v) is 3.76. The first-order valence-corrected chi connectivity index (χ1v) is 7.36. The first-order valence-electron chi connectivity index (χ1n) is 7.36. The summed E-state index contributed by atoms with van der Waals surface area (Å²) in [4.78, 5) is 0. The zero-order valence-electron chi connectivity index (χ0n) is 11.5. The predicted octanol–water partition coefficient (Wildman–Crippen LogP) is 3.95. The van der Waals surface area contributed by atoms with Crippen LogP contribution in [0, 0.1) is 11.7 Å². The normalized spacial score (nSPS) is 33.8. The monoisotopic (exact) mass is 263 g/mol. The Morgan fingerprint density at radius 1 is 1.42 bits per heavy atom. The summed E-state index contributed by atoms with van der Waals surface area (Å²) in [6.07, 6.45) is 6.64. The molecule has 3 heteroatoms. The van der Waals surface area contributed by atoms with E-state index in [0.717, 1.165) is 30.7 Å². The van der Waals surface area contributed by atoms with Crippen LogP contribution in [-0.4, -0.2) is 5.60 Å². The fraction of sp³-hybridized carbons (Fsp3) is 0.625. The van der Waals surface area contributed by atoms with E-state index >= 15 is 0 Å². The van der Waals surface area contributed by atoms with Gasteiger partial charge in [-0.2, -0.15) is 0 Å². The minimum Gasteiger partial charge on any atom is -0.487 e. The van der Waals surface area contributed by atoms with Crippen molar-refractivity contribution in [2.75, 3.05) is 0 Å². The van der Waals surface area contributed by atoms with Crippen molar-refractivity contribution in [3.05, 3.63) is 29.6 Å². The van der Waals surface area contributed by atoms with Crippen LogP contribution in [0.4, 0.5) is 4.39 Å². The summed E-state index contributed by atoms with van der Waals surface area (Å²) in [5.74, 6) is 1.14. The Kier molecular flexibility index (Phi) is 3.25. The lowest BCUT2D eigenvalue weighted by molar-refractivity contribution is -0.0178. The zero-order valence-corrected chi connectivity index (χ0v) is 11.5. The van der Waals surface area contributed by atoms with Crippen LogP contribution in [0.3, 0.4) is 0 Å². The second-order valence-corrected chi connectivity index (χ2v) is 6.15. The molecule has 0 amide bonds. The van der Waals surface area contributed by atoms with Gasteiger partial charge in [0.25, 0.3) is 0 Å². The van der Waals surface area contributed by atoms with E-state index in [4.69, 9.17) is 10.5 Å². The summed E-state index contributed by atoms with van der Waals surface area (Å²) in [7, 11) is 0. The van der Waals surface area contributed by atoms with Gasteiger partial charge in [-0.3, -0.25) is 0 Å². The largest absolute Gasteiger partial charge is 0.487 e. The van der Waals surface area contributed by atoms with Gasteiger partial charge in [-0.15, -0.1) is 0 Å². The third kappa shape index (κ3) is 2.36. The highest BCUT2D eigenvalue weighted by Gasteiger charge is 2.43. The third-order valence-electron chi connectivity index (χ3n) is 4.78. The lowest BCUT2D eigenvalue weighted by Gasteiger charge is -2.46. The molecule has 19 heavy (non-hydrogen) atoms. The zero-order chi connectivity index (χ0) is 13.5. The van der Waals surface area contributed by atoms with Crippen molar-refractivity contribution in [3.63, 3.8) is 0 Å². The summed E-state index contributed by atoms with van der Waals surface area (Å²) in [6.45, 7) is 2.24. The van der Waals surface area contributed by atoms with Gasteiger partial charge in [0.05, 0.1) is 0 Å². The van der Waals surface area contributed by atoms with Crippen molar-refractivity contribution < 1.29 is 9.13 Å². The molecule has 2 N–H and O–H groups in total. The van der Waals surface area contributed by atoms with Gasteiger partial charge < -0.3 is 10.5 Å². The van der Waals surface area contributed by atoms with Crippen LogP contribution >= 0.6 is 0 Å². The Morgan fingerprint density at radius 3 is 3.05 bits per heavy atom. The molecule has 3 atom stereocenters. The van der Waals surface area contributed by atoms with Gasteiger partial charge in [-0.1, -0.05) is 25.8 Å². The Hall–Kier alpha value is -1.09. The SMILES string of the molecule is CCC1CCCC2(C1)CC(N)c1ccc(F)cc1O2. The molecule has 0 bridgehead atoms. The van der Waals surface area contributed by atoms with Crippen LogP contribution in [0.2, 0.25) is 0 Å². The quantitative estimate of drug-likeness (QED) is 0.832. The number of fused-ring (bicyclic) bond motifs is 1. The number of benzene rings is 1. The van der Waals surface area contributed by atoms with E-state index in [-0.39, 0.29) is 17.5 Å². The van der Waals surface area contributed by atoms with Crippen LogP contribution in [0.5, 0.6) is 5.75 Å². The highest BCUT2D eigenvalue weighted by molar-refractivity contribution is 5.39. The Bertz CT molecular complexity index is 476. The van der Waals surface area contributed by atoms with Crippen molar-refractivity contribution in [1.82, 2.24) is 0 Å². The summed E-state index contributed by atoms with van der Waals surface area (Å²) in [5, 5.41) is 0. The van der Waals surface area contributed by atoms with E-state index in [1.165, 1.54) is 31.4 Å². The average molecular weight is 263 g/mol. The first-order chi connectivity index (χ1) is 9.12. The van der Waals surface area contributed by atoms with E-state index in [1.54, 1.807) is 6.07 Å². The van der Waals surface area contributed by atoms with E-state index in [2.05, 4.69) is 6.92 Å². The molecule has 1 fully saturated rings. The van der Waals surface area contributed by atoms with Crippen LogP contribution in [0.15, 0.2) is 18.2 Å². The second kappa shape index (κ2) is 4.78. The van der Waals surface area contributed by atoms with Crippen molar-refractivity contribution >= 4 is 0 Å². The van der Waals surface area contributed by atoms with Crippen LogP contribution < -0.4 is 10.5 Å².